The van der Waals surface area contributed by atoms with Crippen molar-refractivity contribution in [1.82, 2.24) is 0 Å². The molecule has 0 fully saturated rings. The monoisotopic (exact) mass is 238 g/mol. The van der Waals surface area contributed by atoms with Gasteiger partial charge in [0.05, 0.1) is 5.56 Å². The molecule has 18 heavy (non-hydrogen) atoms. The van der Waals surface area contributed by atoms with Crippen molar-refractivity contribution >= 4 is 11.9 Å². The maximum Gasteiger partial charge on any atom is 0.189 e. The van der Waals surface area contributed by atoms with Gasteiger partial charge >= 0.3 is 0 Å². The molecule has 0 saturated heterocycles. The fraction of sp³-hybridized carbons (Fsp3) is 0.0625. The Labute approximate surface area is 106 Å². The Morgan fingerprint density at radius 2 is 1.78 bits per heavy atom. The van der Waals surface area contributed by atoms with Crippen LogP contribution in [0.2, 0.25) is 0 Å². The molecule has 0 aromatic heterocycles. The zero-order valence-corrected chi connectivity index (χ0v) is 10.1. The zero-order chi connectivity index (χ0) is 13.0. The zero-order valence-electron chi connectivity index (χ0n) is 10.1. The first-order chi connectivity index (χ1) is 8.68. The highest BCUT2D eigenvalue weighted by Gasteiger charge is 2.09. The summed E-state index contributed by atoms with van der Waals surface area (Å²) in [5.74, 6) is -0.139. The van der Waals surface area contributed by atoms with E-state index in [0.717, 1.165) is 5.56 Å². The second kappa shape index (κ2) is 5.32. The predicted octanol–water partition coefficient (Wildman–Crippen LogP) is 3.60. The summed E-state index contributed by atoms with van der Waals surface area (Å²) in [6, 6.07) is 14.7. The Morgan fingerprint density at radius 3 is 2.50 bits per heavy atom. The highest BCUT2D eigenvalue weighted by molar-refractivity contribution is 6.08. The van der Waals surface area contributed by atoms with Gasteiger partial charge in [-0.2, -0.15) is 0 Å². The molecule has 0 heterocycles. The van der Waals surface area contributed by atoms with Gasteiger partial charge in [0.15, 0.2) is 5.78 Å². The highest BCUT2D eigenvalue weighted by atomic mass is 16.3. The first-order valence-electron chi connectivity index (χ1n) is 5.74. The summed E-state index contributed by atoms with van der Waals surface area (Å²) < 4.78 is 0. The average molecular weight is 238 g/mol. The molecule has 1 N–H and O–H groups in total. The molecule has 0 saturated carbocycles. The number of rotatable bonds is 3. The minimum Gasteiger partial charge on any atom is -0.507 e. The van der Waals surface area contributed by atoms with Crippen molar-refractivity contribution in [1.29, 1.82) is 0 Å². The smallest absolute Gasteiger partial charge is 0.189 e. The molecule has 2 aromatic carbocycles. The molecule has 0 atom stereocenters. The number of para-hydroxylation sites is 1. The molecular formula is C16H14O2. The highest BCUT2D eigenvalue weighted by Crippen LogP contribution is 2.22. The van der Waals surface area contributed by atoms with E-state index in [1.165, 1.54) is 6.08 Å². The average Bonchev–Trinajstić information content (AvgIpc) is 2.40. The van der Waals surface area contributed by atoms with Crippen LogP contribution < -0.4 is 0 Å². The summed E-state index contributed by atoms with van der Waals surface area (Å²) in [5.41, 5.74) is 1.99. The third kappa shape index (κ3) is 2.66. The van der Waals surface area contributed by atoms with E-state index in [4.69, 9.17) is 0 Å². The fourth-order valence-electron chi connectivity index (χ4n) is 1.68. The lowest BCUT2D eigenvalue weighted by atomic mass is 10.0. The van der Waals surface area contributed by atoms with E-state index in [1.807, 2.05) is 30.3 Å². The Hall–Kier alpha value is -2.35. The van der Waals surface area contributed by atoms with Gasteiger partial charge in [-0.05, 0) is 30.2 Å². The summed E-state index contributed by atoms with van der Waals surface area (Å²) in [4.78, 5) is 11.9. The SMILES string of the molecule is Cc1cccc(C(=O)C=Cc2ccccc2)c1O. The van der Waals surface area contributed by atoms with E-state index in [9.17, 15) is 9.90 Å². The van der Waals surface area contributed by atoms with Crippen molar-refractivity contribution in [3.05, 3.63) is 71.3 Å². The number of ketones is 1. The molecule has 2 rings (SSSR count). The predicted molar refractivity (Wildman–Crippen MR) is 72.7 cm³/mol. The molecule has 0 unspecified atom stereocenters. The number of carbonyl (C=O) groups excluding carboxylic acids is 1. The molecule has 0 aliphatic rings. The van der Waals surface area contributed by atoms with Crippen molar-refractivity contribution < 1.29 is 9.90 Å². The van der Waals surface area contributed by atoms with Gasteiger partial charge in [-0.15, -0.1) is 0 Å². The van der Waals surface area contributed by atoms with Crippen molar-refractivity contribution in [3.8, 4) is 5.75 Å². The molecule has 2 heteroatoms. The van der Waals surface area contributed by atoms with Crippen LogP contribution in [0.5, 0.6) is 5.75 Å². The van der Waals surface area contributed by atoms with E-state index in [2.05, 4.69) is 0 Å². The molecule has 2 aromatic rings. The van der Waals surface area contributed by atoms with Gasteiger partial charge in [-0.1, -0.05) is 48.5 Å². The van der Waals surface area contributed by atoms with Crippen molar-refractivity contribution in [2.24, 2.45) is 0 Å². The molecular weight excluding hydrogens is 224 g/mol. The normalized spacial score (nSPS) is 10.7. The summed E-state index contributed by atoms with van der Waals surface area (Å²) in [7, 11) is 0. The molecule has 0 amide bonds. The van der Waals surface area contributed by atoms with Crippen molar-refractivity contribution in [2.45, 2.75) is 6.92 Å². The molecule has 90 valence electrons. The number of allylic oxidation sites excluding steroid dienone is 1. The largest absolute Gasteiger partial charge is 0.507 e. The number of aromatic hydroxyl groups is 1. The number of hydrogen-bond acceptors (Lipinski definition) is 2. The second-order valence-electron chi connectivity index (χ2n) is 4.08. The van der Waals surface area contributed by atoms with Gasteiger partial charge in [0.1, 0.15) is 5.75 Å². The standard InChI is InChI=1S/C16H14O2/c1-12-6-5-9-14(16(12)18)15(17)11-10-13-7-3-2-4-8-13/h2-11,18H,1H3. The number of phenols is 1. The van der Waals surface area contributed by atoms with Crippen molar-refractivity contribution in [2.75, 3.05) is 0 Å². The summed E-state index contributed by atoms with van der Waals surface area (Å²) >= 11 is 0. The third-order valence-corrected chi connectivity index (χ3v) is 2.73. The van der Waals surface area contributed by atoms with Crippen LogP contribution in [0, 0.1) is 6.92 Å². The Bertz CT molecular complexity index is 583. The van der Waals surface area contributed by atoms with Crippen LogP contribution in [0.15, 0.2) is 54.6 Å². The number of phenolic OH excluding ortho intramolecular Hbond substituents is 1. The molecule has 2 nitrogen and oxygen atoms in total. The second-order valence-corrected chi connectivity index (χ2v) is 4.08. The Morgan fingerprint density at radius 1 is 1.06 bits per heavy atom. The van der Waals surface area contributed by atoms with E-state index in [-0.39, 0.29) is 11.5 Å². The third-order valence-electron chi connectivity index (χ3n) is 2.73. The number of benzene rings is 2. The van der Waals surface area contributed by atoms with Gasteiger partial charge in [0.2, 0.25) is 0 Å². The maximum absolute atomic E-state index is 11.9. The van der Waals surface area contributed by atoms with E-state index in [1.54, 1.807) is 31.2 Å². The minimum atomic E-state index is -0.194. The quantitative estimate of drug-likeness (QED) is 0.655. The van der Waals surface area contributed by atoms with Gasteiger partial charge in [0.25, 0.3) is 0 Å². The van der Waals surface area contributed by atoms with Crippen LogP contribution in [-0.2, 0) is 0 Å². The molecule has 0 spiro atoms. The van der Waals surface area contributed by atoms with Crippen LogP contribution in [0.4, 0.5) is 0 Å². The molecule has 0 bridgehead atoms. The fourth-order valence-corrected chi connectivity index (χ4v) is 1.68. The summed E-state index contributed by atoms with van der Waals surface area (Å²) in [5, 5.41) is 9.81. The van der Waals surface area contributed by atoms with Crippen LogP contribution in [0.25, 0.3) is 6.08 Å². The number of carbonyl (C=O) groups is 1. The Balaban J connectivity index is 2.23. The van der Waals surface area contributed by atoms with Gasteiger partial charge in [-0.3, -0.25) is 4.79 Å². The first-order valence-corrected chi connectivity index (χ1v) is 5.74. The van der Waals surface area contributed by atoms with Gasteiger partial charge in [0, 0.05) is 0 Å². The maximum atomic E-state index is 11.9. The molecule has 0 radical (unpaired) electrons. The van der Waals surface area contributed by atoms with E-state index >= 15 is 0 Å². The molecule has 0 aliphatic carbocycles. The number of aryl methyl sites for hydroxylation is 1. The first kappa shape index (κ1) is 12.1. The van der Waals surface area contributed by atoms with Crippen LogP contribution in [-0.4, -0.2) is 10.9 Å². The number of hydrogen-bond donors (Lipinski definition) is 1. The van der Waals surface area contributed by atoms with Gasteiger partial charge in [-0.25, -0.2) is 0 Å². The van der Waals surface area contributed by atoms with E-state index < -0.39 is 0 Å². The summed E-state index contributed by atoms with van der Waals surface area (Å²) in [6.07, 6.45) is 3.22. The van der Waals surface area contributed by atoms with Gasteiger partial charge < -0.3 is 5.11 Å². The minimum absolute atomic E-state index is 0.0558. The van der Waals surface area contributed by atoms with E-state index in [0.29, 0.717) is 11.1 Å². The van der Waals surface area contributed by atoms with Crippen molar-refractivity contribution in [3.63, 3.8) is 0 Å². The summed E-state index contributed by atoms with van der Waals surface area (Å²) in [6.45, 7) is 1.77. The lowest BCUT2D eigenvalue weighted by molar-refractivity contribution is 0.104. The Kier molecular flexibility index (Phi) is 3.58. The topological polar surface area (TPSA) is 37.3 Å². The van der Waals surface area contributed by atoms with Crippen LogP contribution >= 0.6 is 0 Å². The van der Waals surface area contributed by atoms with Crippen LogP contribution in [0.1, 0.15) is 21.5 Å². The lowest BCUT2D eigenvalue weighted by Gasteiger charge is -2.03. The molecule has 0 aliphatic heterocycles. The van der Waals surface area contributed by atoms with Crippen LogP contribution in [0.3, 0.4) is 0 Å². The lowest BCUT2D eigenvalue weighted by Crippen LogP contribution is -1.95.